The van der Waals surface area contributed by atoms with Crippen molar-refractivity contribution in [1.82, 2.24) is 9.55 Å². The van der Waals surface area contributed by atoms with Gasteiger partial charge in [0, 0.05) is 39.2 Å². The quantitative estimate of drug-likeness (QED) is 0.152. The van der Waals surface area contributed by atoms with E-state index in [1.807, 2.05) is 6.20 Å². The highest BCUT2D eigenvalue weighted by Crippen LogP contribution is 2.47. The van der Waals surface area contributed by atoms with E-state index in [-0.39, 0.29) is 21.7 Å². The number of nitrogens with zero attached hydrogens (tertiary/aromatic N) is 4. The van der Waals surface area contributed by atoms with Gasteiger partial charge >= 0.3 is 0 Å². The largest absolute Gasteiger partial charge is 0.321 e. The lowest BCUT2D eigenvalue weighted by atomic mass is 9.77. The average Bonchev–Trinajstić information content (AvgIpc) is 3.87. The molecule has 4 heteroatoms. The van der Waals surface area contributed by atoms with Crippen LogP contribution in [-0.4, -0.2) is 16.2 Å². The zero-order valence-electron chi connectivity index (χ0n) is 40.3. The standard InChI is InChI=1S/C62H62N4/c1-59(2,3)48-35-49(60(4,5)6)38-51(37-48)65-41-64(55-26-17-18-27-56(55)65)50-25-19-24-45(36-50)62(9,10)46-29-30-52-53-34-43(42-20-13-11-14-21-42)28-31-54(53)66(57(52)39-46)58-40-47(32-33-63-58)61(7,8)44-22-15-12-16-23-44/h11-40H,41H2,1-10H3. The third-order valence-corrected chi connectivity index (χ3v) is 14.4. The SMILES string of the molecule is CC(C)(C)c1cc(N2CN(c3cccc(C(C)(C)c4ccc5c6cc(-c7ccccc7)ccc6n(-c6cc(C(C)(C)c7ccccc7)ccn6)c5c4)c3)c3ccccc32)cc(C(C)(C)C)c1. The molecule has 2 aromatic heterocycles. The van der Waals surface area contributed by atoms with Crippen LogP contribution in [0.25, 0.3) is 38.8 Å². The number of anilines is 4. The van der Waals surface area contributed by atoms with Gasteiger partial charge in [0.1, 0.15) is 12.5 Å². The molecule has 0 N–H and O–H groups in total. The molecule has 4 nitrogen and oxygen atoms in total. The van der Waals surface area contributed by atoms with Gasteiger partial charge in [0.05, 0.1) is 22.4 Å². The predicted molar refractivity (Wildman–Crippen MR) is 281 cm³/mol. The van der Waals surface area contributed by atoms with Gasteiger partial charge in [-0.2, -0.15) is 0 Å². The van der Waals surface area contributed by atoms with E-state index in [4.69, 9.17) is 4.98 Å². The molecule has 0 radical (unpaired) electrons. The maximum atomic E-state index is 5.11. The van der Waals surface area contributed by atoms with Crippen molar-refractivity contribution in [2.45, 2.75) is 90.9 Å². The van der Waals surface area contributed by atoms with Crippen LogP contribution in [0.4, 0.5) is 22.7 Å². The minimum Gasteiger partial charge on any atom is -0.321 e. The topological polar surface area (TPSA) is 24.3 Å². The summed E-state index contributed by atoms with van der Waals surface area (Å²) in [6.07, 6.45) is 1.98. The Morgan fingerprint density at radius 1 is 0.379 bits per heavy atom. The smallest absolute Gasteiger partial charge is 0.137 e. The number of hydrogen-bond acceptors (Lipinski definition) is 3. The molecule has 9 aromatic rings. The van der Waals surface area contributed by atoms with E-state index in [0.717, 1.165) is 23.5 Å². The highest BCUT2D eigenvalue weighted by Gasteiger charge is 2.32. The van der Waals surface area contributed by atoms with Gasteiger partial charge in [-0.15, -0.1) is 0 Å². The van der Waals surface area contributed by atoms with Crippen molar-refractivity contribution < 1.29 is 0 Å². The maximum absolute atomic E-state index is 5.11. The molecule has 0 saturated heterocycles. The molecule has 0 unspecified atom stereocenters. The maximum Gasteiger partial charge on any atom is 0.137 e. The Balaban J connectivity index is 1.07. The van der Waals surface area contributed by atoms with Crippen molar-refractivity contribution in [1.29, 1.82) is 0 Å². The van der Waals surface area contributed by atoms with Crippen LogP contribution in [0, 0.1) is 0 Å². The zero-order chi connectivity index (χ0) is 46.2. The van der Waals surface area contributed by atoms with Crippen LogP contribution in [0.5, 0.6) is 0 Å². The van der Waals surface area contributed by atoms with E-state index in [2.05, 4.69) is 260 Å². The van der Waals surface area contributed by atoms with Crippen molar-refractivity contribution >= 4 is 44.6 Å². The van der Waals surface area contributed by atoms with Gasteiger partial charge in [0.2, 0.25) is 0 Å². The molecule has 0 fully saturated rings. The Morgan fingerprint density at radius 3 is 1.61 bits per heavy atom. The van der Waals surface area contributed by atoms with E-state index in [0.29, 0.717) is 0 Å². The van der Waals surface area contributed by atoms with Gasteiger partial charge in [0.15, 0.2) is 0 Å². The van der Waals surface area contributed by atoms with Crippen LogP contribution < -0.4 is 9.80 Å². The average molecular weight is 863 g/mol. The second kappa shape index (κ2) is 15.9. The minimum absolute atomic E-state index is 0.0250. The van der Waals surface area contributed by atoms with E-state index in [9.17, 15) is 0 Å². The Morgan fingerprint density at radius 2 is 0.939 bits per heavy atom. The molecule has 1 aliphatic rings. The molecule has 0 spiro atoms. The summed E-state index contributed by atoms with van der Waals surface area (Å²) in [5.41, 5.74) is 16.8. The lowest BCUT2D eigenvalue weighted by molar-refractivity contribution is 0.568. The van der Waals surface area contributed by atoms with Gasteiger partial charge < -0.3 is 9.80 Å². The van der Waals surface area contributed by atoms with Crippen LogP contribution in [0.15, 0.2) is 182 Å². The fourth-order valence-electron chi connectivity index (χ4n) is 9.94. The summed E-state index contributed by atoms with van der Waals surface area (Å²) in [5, 5.41) is 2.43. The van der Waals surface area contributed by atoms with Gasteiger partial charge in [-0.1, -0.05) is 178 Å². The Kier molecular flexibility index (Phi) is 10.4. The Bertz CT molecular complexity index is 3220. The molecular weight excluding hydrogens is 801 g/mol. The van der Waals surface area contributed by atoms with Crippen molar-refractivity contribution in [3.63, 3.8) is 0 Å². The van der Waals surface area contributed by atoms with Crippen LogP contribution in [0.3, 0.4) is 0 Å². The molecular formula is C62H62N4. The zero-order valence-corrected chi connectivity index (χ0v) is 40.3. The summed E-state index contributed by atoms with van der Waals surface area (Å²) >= 11 is 0. The molecule has 0 atom stereocenters. The molecule has 3 heterocycles. The van der Waals surface area contributed by atoms with E-state index in [1.54, 1.807) is 0 Å². The van der Waals surface area contributed by atoms with Crippen molar-refractivity contribution in [2.75, 3.05) is 16.5 Å². The highest BCUT2D eigenvalue weighted by atomic mass is 15.4. The minimum atomic E-state index is -0.327. The number of benzene rings is 7. The summed E-state index contributed by atoms with van der Waals surface area (Å²) in [7, 11) is 0. The fourth-order valence-corrected chi connectivity index (χ4v) is 9.94. The number of aromatic nitrogens is 2. The summed E-state index contributed by atoms with van der Waals surface area (Å²) in [6, 6.07) is 65.3. The van der Waals surface area contributed by atoms with Gasteiger partial charge in [-0.3, -0.25) is 4.57 Å². The van der Waals surface area contributed by atoms with Gasteiger partial charge in [0.25, 0.3) is 0 Å². The highest BCUT2D eigenvalue weighted by molar-refractivity contribution is 6.10. The first kappa shape index (κ1) is 43.0. The Labute approximate surface area is 392 Å². The van der Waals surface area contributed by atoms with Crippen molar-refractivity contribution in [3.8, 4) is 16.9 Å². The van der Waals surface area contributed by atoms with E-state index in [1.165, 1.54) is 78.0 Å². The second-order valence-corrected chi connectivity index (χ2v) is 21.5. The van der Waals surface area contributed by atoms with Gasteiger partial charge in [-0.25, -0.2) is 4.98 Å². The first-order valence-electron chi connectivity index (χ1n) is 23.6. The lowest BCUT2D eigenvalue weighted by Gasteiger charge is -2.30. The lowest BCUT2D eigenvalue weighted by Crippen LogP contribution is -2.26. The number of hydrogen-bond donors (Lipinski definition) is 0. The molecule has 330 valence electrons. The van der Waals surface area contributed by atoms with E-state index >= 15 is 0 Å². The summed E-state index contributed by atoms with van der Waals surface area (Å²) in [6.45, 7) is 24.0. The van der Waals surface area contributed by atoms with Crippen molar-refractivity contribution in [3.05, 3.63) is 216 Å². The molecule has 1 aliphatic heterocycles. The molecule has 0 amide bonds. The molecule has 7 aromatic carbocycles. The summed E-state index contributed by atoms with van der Waals surface area (Å²) < 4.78 is 2.38. The first-order valence-corrected chi connectivity index (χ1v) is 23.6. The number of rotatable bonds is 8. The summed E-state index contributed by atoms with van der Waals surface area (Å²) in [5.74, 6) is 0.917. The molecule has 0 aliphatic carbocycles. The molecule has 0 saturated carbocycles. The molecule has 66 heavy (non-hydrogen) atoms. The molecule has 10 rings (SSSR count). The third-order valence-electron chi connectivity index (χ3n) is 14.4. The van der Waals surface area contributed by atoms with Crippen LogP contribution in [0.1, 0.15) is 103 Å². The van der Waals surface area contributed by atoms with Crippen LogP contribution >= 0.6 is 0 Å². The Hall–Kier alpha value is -6.91. The normalized spacial score (nSPS) is 13.5. The van der Waals surface area contributed by atoms with Crippen molar-refractivity contribution in [2.24, 2.45) is 0 Å². The number of para-hydroxylation sites is 2. The fraction of sp³-hybridized carbons (Fsp3) is 0.242. The molecule has 0 bridgehead atoms. The monoisotopic (exact) mass is 862 g/mol. The first-order chi connectivity index (χ1) is 31.5. The van der Waals surface area contributed by atoms with Crippen LogP contribution in [0.2, 0.25) is 0 Å². The van der Waals surface area contributed by atoms with E-state index < -0.39 is 0 Å². The summed E-state index contributed by atoms with van der Waals surface area (Å²) in [4.78, 5) is 10.1. The van der Waals surface area contributed by atoms with Crippen LogP contribution in [-0.2, 0) is 21.7 Å². The predicted octanol–water partition coefficient (Wildman–Crippen LogP) is 16.3. The third kappa shape index (κ3) is 7.56. The number of pyridine rings is 1. The second-order valence-electron chi connectivity index (χ2n) is 21.5. The van der Waals surface area contributed by atoms with Gasteiger partial charge in [-0.05, 0) is 122 Å². The number of fused-ring (bicyclic) bond motifs is 4.